The van der Waals surface area contributed by atoms with Gasteiger partial charge in [-0.15, -0.1) is 0 Å². The number of hydrogen-bond donors (Lipinski definition) is 0. The summed E-state index contributed by atoms with van der Waals surface area (Å²) in [5, 5.41) is 0. The highest BCUT2D eigenvalue weighted by molar-refractivity contribution is 5.67. The van der Waals surface area contributed by atoms with Crippen LogP contribution in [-0.4, -0.2) is 0 Å². The molecule has 86 valence electrons. The highest BCUT2D eigenvalue weighted by atomic mass is 14.1. The van der Waals surface area contributed by atoms with Crippen molar-refractivity contribution in [1.29, 1.82) is 0 Å². The fourth-order valence-electron chi connectivity index (χ4n) is 2.01. The van der Waals surface area contributed by atoms with E-state index in [4.69, 9.17) is 0 Å². The predicted molar refractivity (Wildman–Crippen MR) is 76.2 cm³/mol. The minimum absolute atomic E-state index is 1.16. The molecule has 0 aliphatic rings. The molecule has 2 aromatic carbocycles. The smallest absolute Gasteiger partial charge is 0.0179 e. The summed E-state index contributed by atoms with van der Waals surface area (Å²) in [7, 11) is 0. The molecule has 0 nitrogen and oxygen atoms in total. The van der Waals surface area contributed by atoms with Gasteiger partial charge >= 0.3 is 0 Å². The van der Waals surface area contributed by atoms with E-state index in [1.165, 1.54) is 27.8 Å². The van der Waals surface area contributed by atoms with Crippen LogP contribution in [0.15, 0.2) is 43.0 Å². The van der Waals surface area contributed by atoms with Crippen LogP contribution in [0.1, 0.15) is 22.3 Å². The lowest BCUT2D eigenvalue weighted by Gasteiger charge is -2.09. The molecular weight excluding hydrogens is 204 g/mol. The summed E-state index contributed by atoms with van der Waals surface area (Å²) in [4.78, 5) is 0. The van der Waals surface area contributed by atoms with Crippen LogP contribution in [0.5, 0.6) is 0 Å². The first-order valence-electron chi connectivity index (χ1n) is 5.92. The van der Waals surface area contributed by atoms with Crippen molar-refractivity contribution >= 4 is 6.08 Å². The molecule has 0 saturated heterocycles. The average Bonchev–Trinajstić information content (AvgIpc) is 2.35. The Kier molecular flexibility index (Phi) is 3.14. The molecule has 0 N–H and O–H groups in total. The van der Waals surface area contributed by atoms with Crippen molar-refractivity contribution in [1.82, 2.24) is 0 Å². The van der Waals surface area contributed by atoms with Crippen molar-refractivity contribution in [3.8, 4) is 11.1 Å². The number of rotatable bonds is 2. The van der Waals surface area contributed by atoms with Crippen molar-refractivity contribution in [2.75, 3.05) is 0 Å². The van der Waals surface area contributed by atoms with Crippen LogP contribution in [-0.2, 0) is 0 Å². The summed E-state index contributed by atoms with van der Waals surface area (Å²) in [6, 6.07) is 13.0. The third-order valence-corrected chi connectivity index (χ3v) is 3.41. The van der Waals surface area contributed by atoms with Crippen molar-refractivity contribution in [2.24, 2.45) is 0 Å². The van der Waals surface area contributed by atoms with Gasteiger partial charge in [-0.25, -0.2) is 0 Å². The largest absolute Gasteiger partial charge is 0.0985 e. The maximum Gasteiger partial charge on any atom is -0.0179 e. The molecule has 0 fully saturated rings. The van der Waals surface area contributed by atoms with Crippen LogP contribution in [0.4, 0.5) is 0 Å². The van der Waals surface area contributed by atoms with Crippen molar-refractivity contribution < 1.29 is 0 Å². The maximum absolute atomic E-state index is 3.77. The molecule has 0 saturated carbocycles. The van der Waals surface area contributed by atoms with Crippen molar-refractivity contribution in [2.45, 2.75) is 20.8 Å². The standard InChI is InChI=1S/C17H18/c1-5-15-6-8-16(9-7-15)17-10-12(2)14(4)13(3)11-17/h5-11H,1H2,2-4H3. The van der Waals surface area contributed by atoms with Crippen LogP contribution in [0.25, 0.3) is 17.2 Å². The van der Waals surface area contributed by atoms with Gasteiger partial charge in [-0.1, -0.05) is 49.1 Å². The third-order valence-electron chi connectivity index (χ3n) is 3.41. The van der Waals surface area contributed by atoms with Crippen LogP contribution >= 0.6 is 0 Å². The molecule has 0 unspecified atom stereocenters. The highest BCUT2D eigenvalue weighted by Gasteiger charge is 2.03. The fraction of sp³-hybridized carbons (Fsp3) is 0.176. The Balaban J connectivity index is 2.49. The van der Waals surface area contributed by atoms with E-state index in [0.717, 1.165) is 5.56 Å². The van der Waals surface area contributed by atoms with E-state index < -0.39 is 0 Å². The number of hydrogen-bond acceptors (Lipinski definition) is 0. The Morgan fingerprint density at radius 2 is 1.35 bits per heavy atom. The zero-order chi connectivity index (χ0) is 12.4. The molecule has 0 atom stereocenters. The van der Waals surface area contributed by atoms with Crippen LogP contribution in [0.2, 0.25) is 0 Å². The summed E-state index contributed by atoms with van der Waals surface area (Å²) in [5.74, 6) is 0. The van der Waals surface area contributed by atoms with Crippen molar-refractivity contribution in [3.63, 3.8) is 0 Å². The molecule has 0 aliphatic heterocycles. The van der Waals surface area contributed by atoms with Gasteiger partial charge in [0.15, 0.2) is 0 Å². The van der Waals surface area contributed by atoms with Gasteiger partial charge < -0.3 is 0 Å². The molecule has 0 aliphatic carbocycles. The van der Waals surface area contributed by atoms with E-state index in [2.05, 4.69) is 63.7 Å². The average molecular weight is 222 g/mol. The highest BCUT2D eigenvalue weighted by Crippen LogP contribution is 2.25. The van der Waals surface area contributed by atoms with Gasteiger partial charge in [-0.2, -0.15) is 0 Å². The Labute approximate surface area is 104 Å². The Hall–Kier alpha value is -1.82. The minimum atomic E-state index is 1.16. The zero-order valence-corrected chi connectivity index (χ0v) is 10.7. The van der Waals surface area contributed by atoms with Crippen LogP contribution < -0.4 is 0 Å². The van der Waals surface area contributed by atoms with Gasteiger partial charge in [0.25, 0.3) is 0 Å². The van der Waals surface area contributed by atoms with Crippen LogP contribution in [0, 0.1) is 20.8 Å². The van der Waals surface area contributed by atoms with Gasteiger partial charge in [-0.3, -0.25) is 0 Å². The Bertz CT molecular complexity index is 522. The van der Waals surface area contributed by atoms with Gasteiger partial charge in [0, 0.05) is 0 Å². The van der Waals surface area contributed by atoms with Crippen molar-refractivity contribution in [3.05, 3.63) is 65.2 Å². The van der Waals surface area contributed by atoms with E-state index in [-0.39, 0.29) is 0 Å². The first-order chi connectivity index (χ1) is 8.11. The molecule has 0 heterocycles. The van der Waals surface area contributed by atoms with E-state index in [9.17, 15) is 0 Å². The second kappa shape index (κ2) is 4.58. The van der Waals surface area contributed by atoms with E-state index in [0.29, 0.717) is 0 Å². The number of benzene rings is 2. The molecule has 0 amide bonds. The maximum atomic E-state index is 3.77. The van der Waals surface area contributed by atoms with E-state index in [1.807, 2.05) is 6.08 Å². The lowest BCUT2D eigenvalue weighted by molar-refractivity contribution is 1.27. The zero-order valence-electron chi connectivity index (χ0n) is 10.7. The van der Waals surface area contributed by atoms with E-state index >= 15 is 0 Å². The van der Waals surface area contributed by atoms with Gasteiger partial charge in [0.2, 0.25) is 0 Å². The second-order valence-electron chi connectivity index (χ2n) is 4.56. The normalized spacial score (nSPS) is 10.3. The molecule has 0 heteroatoms. The number of aryl methyl sites for hydroxylation is 2. The molecule has 0 aromatic heterocycles. The summed E-state index contributed by atoms with van der Waals surface area (Å²) in [5.41, 5.74) is 7.81. The topological polar surface area (TPSA) is 0 Å². The SMILES string of the molecule is C=Cc1ccc(-c2cc(C)c(C)c(C)c2)cc1. The fourth-order valence-corrected chi connectivity index (χ4v) is 2.01. The summed E-state index contributed by atoms with van der Waals surface area (Å²) < 4.78 is 0. The molecule has 0 bridgehead atoms. The van der Waals surface area contributed by atoms with Crippen LogP contribution in [0.3, 0.4) is 0 Å². The Morgan fingerprint density at radius 3 is 1.82 bits per heavy atom. The summed E-state index contributed by atoms with van der Waals surface area (Å²) >= 11 is 0. The van der Waals surface area contributed by atoms with E-state index in [1.54, 1.807) is 0 Å². The molecule has 0 radical (unpaired) electrons. The Morgan fingerprint density at radius 1 is 0.824 bits per heavy atom. The minimum Gasteiger partial charge on any atom is -0.0985 e. The molecule has 2 aromatic rings. The van der Waals surface area contributed by atoms with Gasteiger partial charge in [-0.05, 0) is 54.2 Å². The van der Waals surface area contributed by atoms with Gasteiger partial charge in [0.1, 0.15) is 0 Å². The molecule has 0 spiro atoms. The molecular formula is C17H18. The lowest BCUT2D eigenvalue weighted by atomic mass is 9.96. The monoisotopic (exact) mass is 222 g/mol. The van der Waals surface area contributed by atoms with Gasteiger partial charge in [0.05, 0.1) is 0 Å². The molecule has 2 rings (SSSR count). The molecule has 17 heavy (non-hydrogen) atoms. The third kappa shape index (κ3) is 2.31. The lowest BCUT2D eigenvalue weighted by Crippen LogP contribution is -1.88. The first-order valence-corrected chi connectivity index (χ1v) is 5.92. The summed E-state index contributed by atoms with van der Waals surface area (Å²) in [6.07, 6.45) is 1.87. The summed E-state index contributed by atoms with van der Waals surface area (Å²) in [6.45, 7) is 10.3. The quantitative estimate of drug-likeness (QED) is 0.676. The first kappa shape index (κ1) is 11.7. The predicted octanol–water partition coefficient (Wildman–Crippen LogP) is 4.92. The second-order valence-corrected chi connectivity index (χ2v) is 4.56.